The van der Waals surface area contributed by atoms with E-state index in [0.29, 0.717) is 24.0 Å². The van der Waals surface area contributed by atoms with Crippen molar-refractivity contribution < 1.29 is 13.9 Å². The normalized spacial score (nSPS) is 24.9. The molecule has 5 heteroatoms. The number of nitrogens with zero attached hydrogens (tertiary/aromatic N) is 1. The summed E-state index contributed by atoms with van der Waals surface area (Å²) in [6.45, 7) is 5.63. The van der Waals surface area contributed by atoms with Gasteiger partial charge < -0.3 is 19.4 Å². The minimum absolute atomic E-state index is 0.124. The summed E-state index contributed by atoms with van der Waals surface area (Å²) in [6, 6.07) is 11.6. The number of nitrogens with one attached hydrogen (secondary N) is 1. The maximum absolute atomic E-state index is 12.5. The number of furan rings is 1. The second kappa shape index (κ2) is 6.92. The Bertz CT molecular complexity index is 747. The molecular formula is C20H24N2O3. The molecule has 2 aromatic rings. The van der Waals surface area contributed by atoms with Gasteiger partial charge in [-0.3, -0.25) is 4.79 Å². The van der Waals surface area contributed by atoms with Gasteiger partial charge in [-0.15, -0.1) is 0 Å². The first-order chi connectivity index (χ1) is 12.2. The third-order valence-corrected chi connectivity index (χ3v) is 5.23. The van der Waals surface area contributed by atoms with E-state index in [1.165, 1.54) is 12.8 Å². The van der Waals surface area contributed by atoms with Crippen molar-refractivity contribution in [1.82, 2.24) is 10.2 Å². The number of hydrogen-bond donors (Lipinski definition) is 1. The molecule has 1 aromatic heterocycles. The van der Waals surface area contributed by atoms with Crippen LogP contribution in [0.2, 0.25) is 0 Å². The zero-order valence-electron chi connectivity index (χ0n) is 14.5. The van der Waals surface area contributed by atoms with Crippen LogP contribution in [-0.4, -0.2) is 36.5 Å². The van der Waals surface area contributed by atoms with Crippen LogP contribution in [0, 0.1) is 12.8 Å². The molecule has 3 aliphatic rings. The summed E-state index contributed by atoms with van der Waals surface area (Å²) in [7, 11) is 0. The molecule has 1 amide bonds. The van der Waals surface area contributed by atoms with Crippen LogP contribution < -0.4 is 10.1 Å². The zero-order valence-corrected chi connectivity index (χ0v) is 14.5. The quantitative estimate of drug-likeness (QED) is 0.909. The lowest BCUT2D eigenvalue weighted by atomic mass is 9.84. The molecule has 1 N–H and O–H groups in total. The van der Waals surface area contributed by atoms with E-state index in [0.717, 1.165) is 30.9 Å². The average Bonchev–Trinajstić information content (AvgIpc) is 3.10. The van der Waals surface area contributed by atoms with Crippen molar-refractivity contribution >= 4 is 5.91 Å². The monoisotopic (exact) mass is 340 g/mol. The lowest BCUT2D eigenvalue weighted by molar-refractivity contribution is 0.0604. The number of amides is 1. The molecule has 0 radical (unpaired) electrons. The molecule has 25 heavy (non-hydrogen) atoms. The Hall–Kier alpha value is -2.27. The van der Waals surface area contributed by atoms with Gasteiger partial charge in [0.1, 0.15) is 18.1 Å². The number of rotatable bonds is 5. The van der Waals surface area contributed by atoms with Gasteiger partial charge in [-0.2, -0.15) is 0 Å². The van der Waals surface area contributed by atoms with Crippen molar-refractivity contribution in [2.45, 2.75) is 32.4 Å². The molecule has 1 atom stereocenters. The third-order valence-electron chi connectivity index (χ3n) is 5.23. The van der Waals surface area contributed by atoms with Crippen LogP contribution in [-0.2, 0) is 6.61 Å². The van der Waals surface area contributed by atoms with Crippen molar-refractivity contribution in [2.24, 2.45) is 5.92 Å². The highest BCUT2D eigenvalue weighted by Crippen LogP contribution is 2.27. The Morgan fingerprint density at radius 2 is 2.12 bits per heavy atom. The zero-order chi connectivity index (χ0) is 17.2. The highest BCUT2D eigenvalue weighted by Gasteiger charge is 2.35. The summed E-state index contributed by atoms with van der Waals surface area (Å²) >= 11 is 0. The second-order valence-electron chi connectivity index (χ2n) is 7.09. The van der Waals surface area contributed by atoms with E-state index in [-0.39, 0.29) is 11.9 Å². The summed E-state index contributed by atoms with van der Waals surface area (Å²) in [6.07, 6.45) is 2.36. The van der Waals surface area contributed by atoms with Gasteiger partial charge in [0.15, 0.2) is 5.76 Å². The topological polar surface area (TPSA) is 54.7 Å². The van der Waals surface area contributed by atoms with Crippen molar-refractivity contribution in [3.05, 3.63) is 53.5 Å². The van der Waals surface area contributed by atoms with E-state index < -0.39 is 0 Å². The number of carbonyl (C=O) groups excluding carboxylic acids is 1. The maximum atomic E-state index is 12.5. The summed E-state index contributed by atoms with van der Waals surface area (Å²) in [5.41, 5.74) is 1.15. The third kappa shape index (κ3) is 3.71. The standard InChI is InChI=1S/C20H24N2O3/c1-14-3-2-4-16(11-14)24-13-17-5-6-19(25-17)20(23)21-18-12-22-9-7-15(18)8-10-22/h2-6,11,15,18H,7-10,12-13H2,1H3,(H,21,23). The average molecular weight is 340 g/mol. The Kier molecular flexibility index (Phi) is 4.49. The summed E-state index contributed by atoms with van der Waals surface area (Å²) in [5.74, 6) is 2.29. The molecule has 1 unspecified atom stereocenters. The van der Waals surface area contributed by atoms with Gasteiger partial charge in [0.2, 0.25) is 0 Å². The molecule has 3 aliphatic heterocycles. The first-order valence-electron chi connectivity index (χ1n) is 8.99. The number of hydrogen-bond acceptors (Lipinski definition) is 4. The highest BCUT2D eigenvalue weighted by atomic mass is 16.5. The number of aryl methyl sites for hydroxylation is 1. The molecule has 1 aromatic carbocycles. The molecule has 5 rings (SSSR count). The number of piperidine rings is 3. The number of benzene rings is 1. The van der Waals surface area contributed by atoms with E-state index in [1.807, 2.05) is 31.2 Å². The number of ether oxygens (including phenoxy) is 1. The molecule has 0 aliphatic carbocycles. The summed E-state index contributed by atoms with van der Waals surface area (Å²) in [4.78, 5) is 14.9. The van der Waals surface area contributed by atoms with Crippen LogP contribution in [0.5, 0.6) is 5.75 Å². The molecular weight excluding hydrogens is 316 g/mol. The van der Waals surface area contributed by atoms with E-state index in [9.17, 15) is 4.79 Å². The van der Waals surface area contributed by atoms with Crippen LogP contribution in [0.1, 0.15) is 34.7 Å². The summed E-state index contributed by atoms with van der Waals surface area (Å²) < 4.78 is 11.4. The SMILES string of the molecule is Cc1cccc(OCc2ccc(C(=O)NC3CN4CCC3CC4)o2)c1. The van der Waals surface area contributed by atoms with Gasteiger partial charge >= 0.3 is 0 Å². The highest BCUT2D eigenvalue weighted by molar-refractivity contribution is 5.91. The molecule has 0 spiro atoms. The van der Waals surface area contributed by atoms with Gasteiger partial charge in [0.05, 0.1) is 0 Å². The van der Waals surface area contributed by atoms with Gasteiger partial charge in [-0.25, -0.2) is 0 Å². The van der Waals surface area contributed by atoms with Crippen molar-refractivity contribution in [3.8, 4) is 5.75 Å². The Morgan fingerprint density at radius 3 is 2.84 bits per heavy atom. The predicted molar refractivity (Wildman–Crippen MR) is 94.6 cm³/mol. The minimum Gasteiger partial charge on any atom is -0.486 e. The van der Waals surface area contributed by atoms with Crippen LogP contribution in [0.3, 0.4) is 0 Å². The number of carbonyl (C=O) groups is 1. The first-order valence-corrected chi connectivity index (χ1v) is 8.99. The molecule has 5 nitrogen and oxygen atoms in total. The van der Waals surface area contributed by atoms with E-state index in [2.05, 4.69) is 10.2 Å². The largest absolute Gasteiger partial charge is 0.486 e. The molecule has 132 valence electrons. The van der Waals surface area contributed by atoms with E-state index >= 15 is 0 Å². The fourth-order valence-corrected chi connectivity index (χ4v) is 3.81. The Balaban J connectivity index is 1.33. The molecule has 3 saturated heterocycles. The molecule has 4 heterocycles. The minimum atomic E-state index is -0.124. The van der Waals surface area contributed by atoms with Gasteiger partial charge in [0, 0.05) is 12.6 Å². The molecule has 3 fully saturated rings. The van der Waals surface area contributed by atoms with Crippen LogP contribution in [0.4, 0.5) is 0 Å². The molecule has 0 saturated carbocycles. The van der Waals surface area contributed by atoms with E-state index in [1.54, 1.807) is 12.1 Å². The van der Waals surface area contributed by atoms with Gasteiger partial charge in [-0.1, -0.05) is 12.1 Å². The first kappa shape index (κ1) is 16.2. The van der Waals surface area contributed by atoms with Crippen LogP contribution >= 0.6 is 0 Å². The fourth-order valence-electron chi connectivity index (χ4n) is 3.81. The lowest BCUT2D eigenvalue weighted by Gasteiger charge is -2.44. The van der Waals surface area contributed by atoms with Gasteiger partial charge in [0.25, 0.3) is 5.91 Å². The molecule has 2 bridgehead atoms. The smallest absolute Gasteiger partial charge is 0.287 e. The van der Waals surface area contributed by atoms with Crippen molar-refractivity contribution in [2.75, 3.05) is 19.6 Å². The summed E-state index contributed by atoms with van der Waals surface area (Å²) in [5, 5.41) is 3.15. The Labute approximate surface area is 148 Å². The number of fused-ring (bicyclic) bond motifs is 3. The van der Waals surface area contributed by atoms with Crippen LogP contribution in [0.25, 0.3) is 0 Å². The van der Waals surface area contributed by atoms with Crippen molar-refractivity contribution in [1.29, 1.82) is 0 Å². The van der Waals surface area contributed by atoms with E-state index in [4.69, 9.17) is 9.15 Å². The lowest BCUT2D eigenvalue weighted by Crippen LogP contribution is -2.57. The van der Waals surface area contributed by atoms with Crippen molar-refractivity contribution in [3.63, 3.8) is 0 Å². The van der Waals surface area contributed by atoms with Crippen LogP contribution in [0.15, 0.2) is 40.8 Å². The predicted octanol–water partition coefficient (Wildman–Crippen LogP) is 2.99. The maximum Gasteiger partial charge on any atom is 0.287 e. The second-order valence-corrected chi connectivity index (χ2v) is 7.09. The fraction of sp³-hybridized carbons (Fsp3) is 0.450. The van der Waals surface area contributed by atoms with Gasteiger partial charge in [-0.05, 0) is 68.6 Å². The Morgan fingerprint density at radius 1 is 1.28 bits per heavy atom.